The monoisotopic (exact) mass is 577 g/mol. The van der Waals surface area contributed by atoms with Gasteiger partial charge in [0.2, 0.25) is 11.8 Å². The number of anilines is 1. The highest BCUT2D eigenvalue weighted by molar-refractivity contribution is 5.98. The summed E-state index contributed by atoms with van der Waals surface area (Å²) in [5, 5.41) is 6.19. The Hall–Kier alpha value is -4.18. The number of likely N-dealkylation sites (tertiary alicyclic amines) is 1. The van der Waals surface area contributed by atoms with Crippen molar-refractivity contribution in [3.8, 4) is 17.1 Å². The number of aromatic nitrogens is 4. The lowest BCUT2D eigenvalue weighted by molar-refractivity contribution is -0.176. The zero-order valence-electron chi connectivity index (χ0n) is 20.8. The Labute approximate surface area is 221 Å². The number of nitrogens with one attached hydrogen (secondary N) is 1. The van der Waals surface area contributed by atoms with Crippen molar-refractivity contribution in [2.45, 2.75) is 37.9 Å². The summed E-state index contributed by atoms with van der Waals surface area (Å²) in [6.45, 7) is -0.0831. The van der Waals surface area contributed by atoms with Crippen LogP contribution in [-0.4, -0.2) is 74.9 Å². The molecule has 3 aromatic rings. The molecule has 17 heteroatoms. The summed E-state index contributed by atoms with van der Waals surface area (Å²) in [5.41, 5.74) is 3.60. The van der Waals surface area contributed by atoms with Crippen molar-refractivity contribution in [3.05, 3.63) is 35.8 Å². The second-order valence-corrected chi connectivity index (χ2v) is 9.17. The third-order valence-electron chi connectivity index (χ3n) is 6.43. The molecule has 40 heavy (non-hydrogen) atoms. The number of carbonyl (C=O) groups is 2. The fourth-order valence-electron chi connectivity index (χ4n) is 4.26. The fourth-order valence-corrected chi connectivity index (χ4v) is 4.26. The van der Waals surface area contributed by atoms with Gasteiger partial charge in [0.15, 0.2) is 5.82 Å². The molecule has 3 N–H and O–H groups in total. The lowest BCUT2D eigenvalue weighted by Crippen LogP contribution is -2.42. The molecule has 0 aliphatic carbocycles. The first-order valence-electron chi connectivity index (χ1n) is 11.6. The Morgan fingerprint density at radius 1 is 1.18 bits per heavy atom. The van der Waals surface area contributed by atoms with E-state index in [0.29, 0.717) is 0 Å². The van der Waals surface area contributed by atoms with E-state index < -0.39 is 72.2 Å². The standard InChI is InChI=1S/C23H22F7N7O3/c1-10(22(25,26)27)3-17(38)36-7-14(24)15(8-36)35-20(39)12-4-11(6-32-21(12)40-2)16-5-13(23(28,29)30)18-19(31)33-9-34-37(16)18/h4-6,9-10,14-15H,3,7-8H2,1-2H3,(H,35,39)(H2,31,33,34)/t10?,14-,15+/m0/s1. The quantitative estimate of drug-likeness (QED) is 0.431. The molecule has 4 rings (SSSR count). The zero-order valence-corrected chi connectivity index (χ0v) is 20.8. The van der Waals surface area contributed by atoms with Gasteiger partial charge >= 0.3 is 12.4 Å². The molecule has 1 saturated heterocycles. The van der Waals surface area contributed by atoms with Crippen molar-refractivity contribution in [3.63, 3.8) is 0 Å². The number of rotatable bonds is 6. The van der Waals surface area contributed by atoms with Gasteiger partial charge in [-0.2, -0.15) is 31.4 Å². The summed E-state index contributed by atoms with van der Waals surface area (Å²) in [4.78, 5) is 33.8. The molecule has 3 atom stereocenters. The number of ether oxygens (including phenoxy) is 1. The first-order chi connectivity index (χ1) is 18.6. The van der Waals surface area contributed by atoms with Crippen molar-refractivity contribution < 1.29 is 45.1 Å². The van der Waals surface area contributed by atoms with E-state index in [4.69, 9.17) is 10.5 Å². The minimum absolute atomic E-state index is 0.00397. The molecule has 0 saturated carbocycles. The highest BCUT2D eigenvalue weighted by Gasteiger charge is 2.42. The van der Waals surface area contributed by atoms with Crippen molar-refractivity contribution >= 4 is 23.1 Å². The highest BCUT2D eigenvalue weighted by Crippen LogP contribution is 2.39. The second-order valence-electron chi connectivity index (χ2n) is 9.17. The molecular weight excluding hydrogens is 555 g/mol. The largest absolute Gasteiger partial charge is 0.480 e. The maximum Gasteiger partial charge on any atom is 0.418 e. The Bertz CT molecular complexity index is 1440. The SMILES string of the molecule is COc1ncc(-c2cc(C(F)(F)F)c3c(N)ncnn23)cc1C(=O)N[C@@H]1CN(C(=O)CC(C)C(F)(F)F)C[C@@H]1F. The molecule has 4 heterocycles. The topological polar surface area (TPSA) is 128 Å². The first kappa shape index (κ1) is 28.8. The molecule has 0 spiro atoms. The molecule has 216 valence electrons. The van der Waals surface area contributed by atoms with Gasteiger partial charge in [0.05, 0.1) is 36.9 Å². The predicted octanol–water partition coefficient (Wildman–Crippen LogP) is 3.27. The number of nitrogens with two attached hydrogens (primary N) is 1. The van der Waals surface area contributed by atoms with Crippen LogP contribution in [0.4, 0.5) is 36.6 Å². The first-order valence-corrected chi connectivity index (χ1v) is 11.6. The van der Waals surface area contributed by atoms with Crippen molar-refractivity contribution in [1.82, 2.24) is 29.8 Å². The van der Waals surface area contributed by atoms with E-state index in [-0.39, 0.29) is 29.2 Å². The molecular formula is C23H22F7N7O3. The maximum absolute atomic E-state index is 14.7. The zero-order chi connectivity index (χ0) is 29.6. The van der Waals surface area contributed by atoms with E-state index in [0.717, 1.165) is 41.0 Å². The molecule has 0 radical (unpaired) electrons. The van der Waals surface area contributed by atoms with E-state index in [1.165, 1.54) is 7.11 Å². The maximum atomic E-state index is 14.7. The summed E-state index contributed by atoms with van der Waals surface area (Å²) in [7, 11) is 1.18. The number of nitrogens with zero attached hydrogens (tertiary/aromatic N) is 5. The van der Waals surface area contributed by atoms with E-state index in [2.05, 4.69) is 20.4 Å². The molecule has 3 aromatic heterocycles. The van der Waals surface area contributed by atoms with Crippen LogP contribution in [0.25, 0.3) is 16.8 Å². The number of amides is 2. The molecule has 0 bridgehead atoms. The van der Waals surface area contributed by atoms with Gasteiger partial charge in [-0.15, -0.1) is 0 Å². The van der Waals surface area contributed by atoms with Gasteiger partial charge in [-0.25, -0.2) is 18.9 Å². The van der Waals surface area contributed by atoms with Crippen LogP contribution in [0.3, 0.4) is 0 Å². The molecule has 0 aromatic carbocycles. The van der Waals surface area contributed by atoms with E-state index in [1.807, 2.05) is 0 Å². The number of carbonyl (C=O) groups excluding carboxylic acids is 2. The van der Waals surface area contributed by atoms with Gasteiger partial charge in [-0.05, 0) is 12.1 Å². The van der Waals surface area contributed by atoms with Gasteiger partial charge in [0.25, 0.3) is 5.91 Å². The molecule has 2 amide bonds. The number of halogens is 7. The number of nitrogen functional groups attached to an aromatic ring is 1. The summed E-state index contributed by atoms with van der Waals surface area (Å²) >= 11 is 0. The van der Waals surface area contributed by atoms with Crippen LogP contribution in [0.2, 0.25) is 0 Å². The molecule has 1 aliphatic heterocycles. The number of hydrogen-bond donors (Lipinski definition) is 2. The highest BCUT2D eigenvalue weighted by atomic mass is 19.4. The lowest BCUT2D eigenvalue weighted by Gasteiger charge is -2.20. The van der Waals surface area contributed by atoms with Gasteiger partial charge in [0.1, 0.15) is 23.6 Å². The summed E-state index contributed by atoms with van der Waals surface area (Å²) in [5.74, 6) is -4.48. The van der Waals surface area contributed by atoms with Gasteiger partial charge in [-0.3, -0.25) is 9.59 Å². The van der Waals surface area contributed by atoms with E-state index >= 15 is 0 Å². The molecule has 1 aliphatic rings. The number of pyridine rings is 1. The number of methoxy groups -OCH3 is 1. The van der Waals surface area contributed by atoms with Gasteiger partial charge in [-0.1, -0.05) is 6.92 Å². The number of fused-ring (bicyclic) bond motifs is 1. The van der Waals surface area contributed by atoms with Crippen LogP contribution < -0.4 is 15.8 Å². The van der Waals surface area contributed by atoms with Gasteiger partial charge in [0, 0.05) is 24.7 Å². The Morgan fingerprint density at radius 2 is 1.88 bits per heavy atom. The second kappa shape index (κ2) is 10.4. The average molecular weight is 577 g/mol. The van der Waals surface area contributed by atoms with E-state index in [1.54, 1.807) is 0 Å². The normalized spacial score (nSPS) is 18.7. The Kier molecular flexibility index (Phi) is 7.51. The Morgan fingerprint density at radius 3 is 2.50 bits per heavy atom. The molecule has 1 fully saturated rings. The smallest absolute Gasteiger partial charge is 0.418 e. The van der Waals surface area contributed by atoms with Crippen molar-refractivity contribution in [1.29, 1.82) is 0 Å². The van der Waals surface area contributed by atoms with Crippen LogP contribution in [0.1, 0.15) is 29.3 Å². The number of hydrogen-bond acceptors (Lipinski definition) is 7. The lowest BCUT2D eigenvalue weighted by atomic mass is 10.1. The average Bonchev–Trinajstić information content (AvgIpc) is 3.45. The molecule has 1 unspecified atom stereocenters. The van der Waals surface area contributed by atoms with Crippen LogP contribution in [0.15, 0.2) is 24.7 Å². The van der Waals surface area contributed by atoms with Crippen molar-refractivity contribution in [2.24, 2.45) is 5.92 Å². The fraction of sp³-hybridized carbons (Fsp3) is 0.435. The number of alkyl halides is 7. The van der Waals surface area contributed by atoms with Crippen LogP contribution in [-0.2, 0) is 11.0 Å². The minimum atomic E-state index is -4.82. The molecule has 10 nitrogen and oxygen atoms in total. The van der Waals surface area contributed by atoms with Crippen LogP contribution >= 0.6 is 0 Å². The summed E-state index contributed by atoms with van der Waals surface area (Å²) < 4.78 is 100. The van der Waals surface area contributed by atoms with Crippen LogP contribution in [0, 0.1) is 5.92 Å². The Balaban J connectivity index is 1.60. The van der Waals surface area contributed by atoms with Gasteiger partial charge < -0.3 is 20.7 Å². The minimum Gasteiger partial charge on any atom is -0.480 e. The van der Waals surface area contributed by atoms with Crippen LogP contribution in [0.5, 0.6) is 5.88 Å². The third-order valence-corrected chi connectivity index (χ3v) is 6.43. The summed E-state index contributed by atoms with van der Waals surface area (Å²) in [6.07, 6.45) is -10.0. The third kappa shape index (κ3) is 5.58. The van der Waals surface area contributed by atoms with E-state index in [9.17, 15) is 40.3 Å². The van der Waals surface area contributed by atoms with Crippen molar-refractivity contribution in [2.75, 3.05) is 25.9 Å². The summed E-state index contributed by atoms with van der Waals surface area (Å²) in [6, 6.07) is 0.632. The predicted molar refractivity (Wildman–Crippen MR) is 125 cm³/mol.